The van der Waals surface area contributed by atoms with Crippen molar-refractivity contribution in [2.24, 2.45) is 0 Å². The predicted octanol–water partition coefficient (Wildman–Crippen LogP) is 2.08. The Balaban J connectivity index is 2.14. The van der Waals surface area contributed by atoms with Gasteiger partial charge in [-0.15, -0.1) is 0 Å². The van der Waals surface area contributed by atoms with Gasteiger partial charge in [0.1, 0.15) is 5.75 Å². The molecule has 0 aromatic heterocycles. The van der Waals surface area contributed by atoms with Crippen molar-refractivity contribution in [3.63, 3.8) is 0 Å². The number of ether oxygens (including phenoxy) is 1. The minimum Gasteiger partial charge on any atom is -0.496 e. The second-order valence-electron chi connectivity index (χ2n) is 4.46. The molecule has 0 aliphatic heterocycles. The summed E-state index contributed by atoms with van der Waals surface area (Å²) in [6.07, 6.45) is 3.47. The van der Waals surface area contributed by atoms with E-state index in [-0.39, 0.29) is 11.9 Å². The van der Waals surface area contributed by atoms with Gasteiger partial charge in [0.15, 0.2) is 0 Å². The Morgan fingerprint density at radius 2 is 2.35 bits per heavy atom. The van der Waals surface area contributed by atoms with Gasteiger partial charge in [-0.05, 0) is 36.5 Å². The molecule has 0 spiro atoms. The number of hydrogen-bond acceptors (Lipinski definition) is 2. The monoisotopic (exact) mass is 233 g/mol. The Kier molecular flexibility index (Phi) is 3.67. The average molecular weight is 233 g/mol. The summed E-state index contributed by atoms with van der Waals surface area (Å²) in [5, 5.41) is 3.07. The summed E-state index contributed by atoms with van der Waals surface area (Å²) in [4.78, 5) is 11.4. The molecule has 0 fully saturated rings. The summed E-state index contributed by atoms with van der Waals surface area (Å²) in [5.74, 6) is 1.08. The zero-order valence-corrected chi connectivity index (χ0v) is 10.5. The van der Waals surface area contributed by atoms with E-state index < -0.39 is 0 Å². The molecule has 0 unspecified atom stereocenters. The number of methoxy groups -OCH3 is 1. The standard InChI is InChI=1S/C14H19NO2/c1-3-14(16)15-11-8-7-10-5-4-6-13(17-2)12(10)9-11/h4-6,11H,3,7-9H2,1-2H3,(H,15,16)/t11-/m0/s1. The summed E-state index contributed by atoms with van der Waals surface area (Å²) < 4.78 is 5.38. The van der Waals surface area contributed by atoms with E-state index in [1.54, 1.807) is 7.11 Å². The fourth-order valence-electron chi connectivity index (χ4n) is 2.40. The lowest BCUT2D eigenvalue weighted by Crippen LogP contribution is -2.38. The van der Waals surface area contributed by atoms with E-state index in [1.165, 1.54) is 11.1 Å². The second-order valence-corrected chi connectivity index (χ2v) is 4.46. The fraction of sp³-hybridized carbons (Fsp3) is 0.500. The molecular formula is C14H19NO2. The molecular weight excluding hydrogens is 214 g/mol. The van der Waals surface area contributed by atoms with Crippen LogP contribution in [0, 0.1) is 0 Å². The Labute approximate surface area is 102 Å². The van der Waals surface area contributed by atoms with Crippen LogP contribution in [0.1, 0.15) is 30.9 Å². The smallest absolute Gasteiger partial charge is 0.219 e. The molecule has 2 rings (SSSR count). The quantitative estimate of drug-likeness (QED) is 0.868. The van der Waals surface area contributed by atoms with Crippen molar-refractivity contribution in [3.8, 4) is 5.75 Å². The highest BCUT2D eigenvalue weighted by Crippen LogP contribution is 2.29. The zero-order chi connectivity index (χ0) is 12.3. The molecule has 92 valence electrons. The zero-order valence-electron chi connectivity index (χ0n) is 10.5. The molecule has 3 heteroatoms. The maximum absolute atomic E-state index is 11.4. The van der Waals surface area contributed by atoms with Gasteiger partial charge < -0.3 is 10.1 Å². The normalized spacial score (nSPS) is 18.4. The largest absolute Gasteiger partial charge is 0.496 e. The van der Waals surface area contributed by atoms with Crippen LogP contribution in [0.5, 0.6) is 5.75 Å². The van der Waals surface area contributed by atoms with Crippen LogP contribution in [0.3, 0.4) is 0 Å². The van der Waals surface area contributed by atoms with Crippen molar-refractivity contribution in [2.45, 2.75) is 38.6 Å². The molecule has 1 aromatic carbocycles. The van der Waals surface area contributed by atoms with Crippen LogP contribution in [0.4, 0.5) is 0 Å². The highest BCUT2D eigenvalue weighted by atomic mass is 16.5. The lowest BCUT2D eigenvalue weighted by Gasteiger charge is -2.26. The molecule has 1 atom stereocenters. The molecule has 1 aliphatic carbocycles. The number of carbonyl (C=O) groups is 1. The van der Waals surface area contributed by atoms with Crippen molar-refractivity contribution in [1.82, 2.24) is 5.32 Å². The van der Waals surface area contributed by atoms with E-state index in [0.717, 1.165) is 25.0 Å². The molecule has 0 radical (unpaired) electrons. The van der Waals surface area contributed by atoms with Crippen LogP contribution in [-0.2, 0) is 17.6 Å². The van der Waals surface area contributed by atoms with Crippen molar-refractivity contribution in [2.75, 3.05) is 7.11 Å². The van der Waals surface area contributed by atoms with Gasteiger partial charge >= 0.3 is 0 Å². The first-order valence-electron chi connectivity index (χ1n) is 6.18. The Morgan fingerprint density at radius 3 is 3.06 bits per heavy atom. The van der Waals surface area contributed by atoms with Gasteiger partial charge in [0.25, 0.3) is 0 Å². The van der Waals surface area contributed by atoms with Gasteiger partial charge in [0, 0.05) is 12.5 Å². The Bertz CT molecular complexity index is 400. The van der Waals surface area contributed by atoms with Crippen LogP contribution in [0.15, 0.2) is 18.2 Å². The summed E-state index contributed by atoms with van der Waals surface area (Å²) in [7, 11) is 1.70. The molecule has 17 heavy (non-hydrogen) atoms. The third kappa shape index (κ3) is 2.60. The maximum Gasteiger partial charge on any atom is 0.219 e. The number of amides is 1. The van der Waals surface area contributed by atoms with Crippen LogP contribution in [0.2, 0.25) is 0 Å². The average Bonchev–Trinajstić information content (AvgIpc) is 2.37. The Hall–Kier alpha value is -1.51. The van der Waals surface area contributed by atoms with Gasteiger partial charge in [0.05, 0.1) is 7.11 Å². The topological polar surface area (TPSA) is 38.3 Å². The van der Waals surface area contributed by atoms with Crippen molar-refractivity contribution < 1.29 is 9.53 Å². The number of nitrogens with one attached hydrogen (secondary N) is 1. The minimum atomic E-state index is 0.133. The molecule has 1 aliphatic rings. The lowest BCUT2D eigenvalue weighted by molar-refractivity contribution is -0.121. The van der Waals surface area contributed by atoms with Crippen LogP contribution in [0.25, 0.3) is 0 Å². The summed E-state index contributed by atoms with van der Waals surface area (Å²) in [6, 6.07) is 6.42. The molecule has 0 heterocycles. The first kappa shape index (κ1) is 12.0. The predicted molar refractivity (Wildman–Crippen MR) is 67.2 cm³/mol. The van der Waals surface area contributed by atoms with E-state index in [9.17, 15) is 4.79 Å². The van der Waals surface area contributed by atoms with Crippen molar-refractivity contribution in [3.05, 3.63) is 29.3 Å². The van der Waals surface area contributed by atoms with Gasteiger partial charge in [-0.25, -0.2) is 0 Å². The van der Waals surface area contributed by atoms with E-state index >= 15 is 0 Å². The second kappa shape index (κ2) is 5.21. The van der Waals surface area contributed by atoms with Gasteiger partial charge in [-0.3, -0.25) is 4.79 Å². The SMILES string of the molecule is CCC(=O)N[C@H]1CCc2cccc(OC)c2C1. The lowest BCUT2D eigenvalue weighted by atomic mass is 9.87. The van der Waals surface area contributed by atoms with Crippen LogP contribution in [-0.4, -0.2) is 19.1 Å². The molecule has 3 nitrogen and oxygen atoms in total. The van der Waals surface area contributed by atoms with Crippen LogP contribution < -0.4 is 10.1 Å². The maximum atomic E-state index is 11.4. The van der Waals surface area contributed by atoms with E-state index in [1.807, 2.05) is 19.1 Å². The fourth-order valence-corrected chi connectivity index (χ4v) is 2.40. The first-order chi connectivity index (χ1) is 8.24. The third-order valence-corrected chi connectivity index (χ3v) is 3.35. The Morgan fingerprint density at radius 1 is 1.53 bits per heavy atom. The van der Waals surface area contributed by atoms with Gasteiger partial charge in [-0.1, -0.05) is 19.1 Å². The number of carbonyl (C=O) groups excluding carboxylic acids is 1. The molecule has 1 N–H and O–H groups in total. The summed E-state index contributed by atoms with van der Waals surface area (Å²) >= 11 is 0. The highest BCUT2D eigenvalue weighted by molar-refractivity contribution is 5.75. The number of rotatable bonds is 3. The summed E-state index contributed by atoms with van der Waals surface area (Å²) in [5.41, 5.74) is 2.61. The molecule has 1 aromatic rings. The van der Waals surface area contributed by atoms with Crippen molar-refractivity contribution in [1.29, 1.82) is 0 Å². The highest BCUT2D eigenvalue weighted by Gasteiger charge is 2.22. The molecule has 0 saturated carbocycles. The first-order valence-corrected chi connectivity index (χ1v) is 6.18. The van der Waals surface area contributed by atoms with E-state index in [2.05, 4.69) is 11.4 Å². The molecule has 0 bridgehead atoms. The molecule has 1 amide bonds. The number of benzene rings is 1. The number of aryl methyl sites for hydroxylation is 1. The van der Waals surface area contributed by atoms with Gasteiger partial charge in [-0.2, -0.15) is 0 Å². The van der Waals surface area contributed by atoms with Crippen molar-refractivity contribution >= 4 is 5.91 Å². The minimum absolute atomic E-state index is 0.133. The number of hydrogen-bond donors (Lipinski definition) is 1. The molecule has 0 saturated heterocycles. The van der Waals surface area contributed by atoms with Gasteiger partial charge in [0.2, 0.25) is 5.91 Å². The van der Waals surface area contributed by atoms with E-state index in [4.69, 9.17) is 4.74 Å². The number of fused-ring (bicyclic) bond motifs is 1. The summed E-state index contributed by atoms with van der Waals surface area (Å²) in [6.45, 7) is 1.88. The van der Waals surface area contributed by atoms with E-state index in [0.29, 0.717) is 6.42 Å². The van der Waals surface area contributed by atoms with Crippen LogP contribution >= 0.6 is 0 Å². The third-order valence-electron chi connectivity index (χ3n) is 3.35.